The fourth-order valence-corrected chi connectivity index (χ4v) is 5.08. The van der Waals surface area contributed by atoms with E-state index in [4.69, 9.17) is 0 Å². The molecule has 4 heterocycles. The molecule has 1 aliphatic rings. The second kappa shape index (κ2) is 9.21. The lowest BCUT2D eigenvalue weighted by Gasteiger charge is -2.32. The summed E-state index contributed by atoms with van der Waals surface area (Å²) >= 11 is 0. The number of nitrogens with one attached hydrogen (secondary N) is 2. The Morgan fingerprint density at radius 2 is 1.83 bits per heavy atom. The topological polar surface area (TPSA) is 91.2 Å². The van der Waals surface area contributed by atoms with Crippen LogP contribution in [-0.2, 0) is 4.79 Å². The first-order valence-corrected chi connectivity index (χ1v) is 12.1. The third-order valence-corrected chi connectivity index (χ3v) is 7.02. The van der Waals surface area contributed by atoms with Crippen LogP contribution in [0.25, 0.3) is 16.6 Å². The number of aromatic nitrogens is 5. The second-order valence-corrected chi connectivity index (χ2v) is 9.08. The van der Waals surface area contributed by atoms with Crippen LogP contribution in [0.1, 0.15) is 29.9 Å². The standard InChI is InChI=1S/C27H27N7O/c35-27(20-12-14-33(15-13-20)26-11-10-25-31-30-18-34(25)32-26)29-16-22(19-6-2-1-3-7-19)23-17-28-24-9-5-4-8-21(23)24/h1-11,17-18,20,22,28H,12-16H2,(H,29,35)/t22-/m1/s1. The first-order chi connectivity index (χ1) is 17.3. The van der Waals surface area contributed by atoms with Gasteiger partial charge >= 0.3 is 0 Å². The van der Waals surface area contributed by atoms with Crippen molar-refractivity contribution >= 4 is 28.3 Å². The minimum atomic E-state index is 0.00397. The SMILES string of the molecule is O=C(NC[C@H](c1ccccc1)c1c[nH]c2ccccc12)C1CCN(c2ccc3nncn3n2)CC1. The third-order valence-electron chi connectivity index (χ3n) is 7.02. The Balaban J connectivity index is 1.13. The lowest BCUT2D eigenvalue weighted by Crippen LogP contribution is -2.42. The van der Waals surface area contributed by atoms with Crippen molar-refractivity contribution in [3.8, 4) is 0 Å². The fourth-order valence-electron chi connectivity index (χ4n) is 5.08. The molecule has 1 amide bonds. The molecule has 0 aliphatic carbocycles. The van der Waals surface area contributed by atoms with Crippen LogP contribution in [-0.4, -0.2) is 50.3 Å². The van der Waals surface area contributed by atoms with Crippen LogP contribution in [0.2, 0.25) is 0 Å². The molecule has 0 bridgehead atoms. The Hall–Kier alpha value is -4.20. The fraction of sp³-hybridized carbons (Fsp3) is 0.259. The van der Waals surface area contributed by atoms with E-state index in [1.54, 1.807) is 10.8 Å². The normalized spacial score (nSPS) is 15.5. The third kappa shape index (κ3) is 4.23. The number of benzene rings is 2. The molecule has 1 saturated heterocycles. The van der Waals surface area contributed by atoms with Gasteiger partial charge in [0.2, 0.25) is 5.91 Å². The summed E-state index contributed by atoms with van der Waals surface area (Å²) in [6.07, 6.45) is 5.29. The number of H-pyrrole nitrogens is 1. The summed E-state index contributed by atoms with van der Waals surface area (Å²) in [6, 6.07) is 22.6. The maximum atomic E-state index is 13.2. The quantitative estimate of drug-likeness (QED) is 0.398. The summed E-state index contributed by atoms with van der Waals surface area (Å²) in [7, 11) is 0. The summed E-state index contributed by atoms with van der Waals surface area (Å²) < 4.78 is 1.68. The van der Waals surface area contributed by atoms with Gasteiger partial charge in [0, 0.05) is 48.6 Å². The van der Waals surface area contributed by atoms with Crippen molar-refractivity contribution in [3.63, 3.8) is 0 Å². The van der Waals surface area contributed by atoms with E-state index in [1.165, 1.54) is 16.5 Å². The summed E-state index contributed by atoms with van der Waals surface area (Å²) in [5.41, 5.74) is 4.24. The molecule has 0 spiro atoms. The molecular formula is C27H27N7O. The van der Waals surface area contributed by atoms with Gasteiger partial charge in [-0.05, 0) is 42.2 Å². The van der Waals surface area contributed by atoms with E-state index in [-0.39, 0.29) is 17.7 Å². The van der Waals surface area contributed by atoms with Gasteiger partial charge in [0.15, 0.2) is 5.65 Å². The highest BCUT2D eigenvalue weighted by Gasteiger charge is 2.27. The number of fused-ring (bicyclic) bond motifs is 2. The zero-order chi connectivity index (χ0) is 23.6. The maximum Gasteiger partial charge on any atom is 0.223 e. The number of carbonyl (C=O) groups is 1. The molecule has 0 radical (unpaired) electrons. The number of nitrogens with zero attached hydrogens (tertiary/aromatic N) is 5. The van der Waals surface area contributed by atoms with Gasteiger partial charge in [-0.25, -0.2) is 0 Å². The van der Waals surface area contributed by atoms with Crippen molar-refractivity contribution in [1.82, 2.24) is 30.1 Å². The van der Waals surface area contributed by atoms with Gasteiger partial charge in [0.1, 0.15) is 12.1 Å². The van der Waals surface area contributed by atoms with Crippen LogP contribution in [0.3, 0.4) is 0 Å². The monoisotopic (exact) mass is 465 g/mol. The number of amides is 1. The largest absolute Gasteiger partial charge is 0.361 e. The average molecular weight is 466 g/mol. The molecule has 176 valence electrons. The average Bonchev–Trinajstić information content (AvgIpc) is 3.56. The van der Waals surface area contributed by atoms with Gasteiger partial charge in [0.25, 0.3) is 0 Å². The highest BCUT2D eigenvalue weighted by atomic mass is 16.1. The van der Waals surface area contributed by atoms with E-state index in [9.17, 15) is 4.79 Å². The molecule has 1 fully saturated rings. The Bertz CT molecular complexity index is 1450. The molecule has 3 aromatic heterocycles. The molecule has 2 aromatic carbocycles. The molecule has 0 saturated carbocycles. The highest BCUT2D eigenvalue weighted by molar-refractivity contribution is 5.84. The summed E-state index contributed by atoms with van der Waals surface area (Å²) in [4.78, 5) is 18.8. The first-order valence-electron chi connectivity index (χ1n) is 12.1. The molecule has 35 heavy (non-hydrogen) atoms. The Morgan fingerprint density at radius 3 is 2.69 bits per heavy atom. The molecule has 1 atom stereocenters. The molecule has 0 unspecified atom stereocenters. The van der Waals surface area contributed by atoms with Crippen molar-refractivity contribution < 1.29 is 4.79 Å². The number of para-hydroxylation sites is 1. The minimum Gasteiger partial charge on any atom is -0.361 e. The van der Waals surface area contributed by atoms with Gasteiger partial charge in [-0.2, -0.15) is 4.52 Å². The maximum absolute atomic E-state index is 13.2. The van der Waals surface area contributed by atoms with Crippen LogP contribution in [0.4, 0.5) is 5.82 Å². The van der Waals surface area contributed by atoms with Gasteiger partial charge < -0.3 is 15.2 Å². The van der Waals surface area contributed by atoms with E-state index in [0.717, 1.165) is 42.9 Å². The number of anilines is 1. The van der Waals surface area contributed by atoms with E-state index in [0.29, 0.717) is 6.54 Å². The van der Waals surface area contributed by atoms with Crippen LogP contribution in [0.5, 0.6) is 0 Å². The number of hydrogen-bond donors (Lipinski definition) is 2. The molecule has 1 aliphatic heterocycles. The number of hydrogen-bond acceptors (Lipinski definition) is 5. The van der Waals surface area contributed by atoms with Crippen LogP contribution >= 0.6 is 0 Å². The summed E-state index contributed by atoms with van der Waals surface area (Å²) in [5, 5.41) is 17.0. The van der Waals surface area contributed by atoms with E-state index < -0.39 is 0 Å². The van der Waals surface area contributed by atoms with E-state index >= 15 is 0 Å². The Kier molecular flexibility index (Phi) is 5.62. The predicted molar refractivity (Wildman–Crippen MR) is 135 cm³/mol. The highest BCUT2D eigenvalue weighted by Crippen LogP contribution is 2.31. The van der Waals surface area contributed by atoms with Crippen LogP contribution < -0.4 is 10.2 Å². The molecule has 8 nitrogen and oxygen atoms in total. The van der Waals surface area contributed by atoms with Gasteiger partial charge in [-0.3, -0.25) is 4.79 Å². The van der Waals surface area contributed by atoms with Crippen molar-refractivity contribution in [2.24, 2.45) is 5.92 Å². The number of carbonyl (C=O) groups excluding carboxylic acids is 1. The zero-order valence-corrected chi connectivity index (χ0v) is 19.3. The van der Waals surface area contributed by atoms with Crippen molar-refractivity contribution in [2.75, 3.05) is 24.5 Å². The predicted octanol–water partition coefficient (Wildman–Crippen LogP) is 3.77. The summed E-state index contributed by atoms with van der Waals surface area (Å²) in [6.45, 7) is 2.16. The minimum absolute atomic E-state index is 0.00397. The molecule has 2 N–H and O–H groups in total. The van der Waals surface area contributed by atoms with Crippen molar-refractivity contribution in [3.05, 3.63) is 90.4 Å². The number of piperidine rings is 1. The Morgan fingerprint density at radius 1 is 1.03 bits per heavy atom. The molecule has 6 rings (SSSR count). The zero-order valence-electron chi connectivity index (χ0n) is 19.3. The van der Waals surface area contributed by atoms with Gasteiger partial charge in [-0.15, -0.1) is 15.3 Å². The van der Waals surface area contributed by atoms with E-state index in [2.05, 4.69) is 79.2 Å². The molecular weight excluding hydrogens is 438 g/mol. The van der Waals surface area contributed by atoms with Gasteiger partial charge in [0.05, 0.1) is 0 Å². The van der Waals surface area contributed by atoms with Crippen molar-refractivity contribution in [1.29, 1.82) is 0 Å². The Labute approximate surface area is 203 Å². The lowest BCUT2D eigenvalue weighted by atomic mass is 9.90. The molecule has 5 aromatic rings. The first kappa shape index (κ1) is 21.3. The molecule has 8 heteroatoms. The smallest absolute Gasteiger partial charge is 0.223 e. The number of rotatable bonds is 6. The lowest BCUT2D eigenvalue weighted by molar-refractivity contribution is -0.125. The van der Waals surface area contributed by atoms with E-state index in [1.807, 2.05) is 24.3 Å². The van der Waals surface area contributed by atoms with Gasteiger partial charge in [-0.1, -0.05) is 48.5 Å². The van der Waals surface area contributed by atoms with Crippen LogP contribution in [0.15, 0.2) is 79.3 Å². The second-order valence-electron chi connectivity index (χ2n) is 9.08. The summed E-state index contributed by atoms with van der Waals surface area (Å²) in [5.74, 6) is 1.10. The number of aromatic amines is 1. The van der Waals surface area contributed by atoms with Crippen LogP contribution in [0, 0.1) is 5.92 Å². The van der Waals surface area contributed by atoms with Crippen molar-refractivity contribution in [2.45, 2.75) is 18.8 Å².